The lowest BCUT2D eigenvalue weighted by atomic mass is 10.2. The molecule has 1 heterocycles. The van der Waals surface area contributed by atoms with Gasteiger partial charge in [-0.3, -0.25) is 4.90 Å². The van der Waals surface area contributed by atoms with Crippen molar-refractivity contribution in [3.05, 3.63) is 64.6 Å². The molecule has 1 saturated heterocycles. The number of halogens is 1. The van der Waals surface area contributed by atoms with E-state index in [0.717, 1.165) is 48.0 Å². The third kappa shape index (κ3) is 4.53. The Balaban J connectivity index is 1.50. The van der Waals surface area contributed by atoms with Crippen LogP contribution in [0.25, 0.3) is 0 Å². The van der Waals surface area contributed by atoms with E-state index in [1.807, 2.05) is 24.3 Å². The minimum Gasteiger partial charge on any atom is -0.346 e. The Hall–Kier alpha value is -1.43. The minimum atomic E-state index is 0.802. The van der Waals surface area contributed by atoms with Gasteiger partial charge in [-0.15, -0.1) is 0 Å². The van der Waals surface area contributed by atoms with E-state index >= 15 is 0 Å². The third-order valence-corrected chi connectivity index (χ3v) is 5.08. The summed E-state index contributed by atoms with van der Waals surface area (Å²) in [7, 11) is 0. The zero-order valence-corrected chi connectivity index (χ0v) is 15.3. The van der Waals surface area contributed by atoms with Crippen LogP contribution in [0.15, 0.2) is 59.1 Å². The molecule has 120 valence electrons. The average Bonchev–Trinajstić information content (AvgIpc) is 2.58. The molecule has 0 aliphatic carbocycles. The molecule has 0 saturated carbocycles. The summed E-state index contributed by atoms with van der Waals surface area (Å²) in [6.45, 7) is 5.00. The van der Waals surface area contributed by atoms with Crippen molar-refractivity contribution >= 4 is 38.9 Å². The highest BCUT2D eigenvalue weighted by Crippen LogP contribution is 2.21. The molecule has 0 unspecified atom stereocenters. The molecule has 2 aromatic rings. The van der Waals surface area contributed by atoms with Gasteiger partial charge in [-0.2, -0.15) is 0 Å². The molecule has 3 rings (SSSR count). The number of rotatable bonds is 3. The van der Waals surface area contributed by atoms with Gasteiger partial charge in [0.1, 0.15) is 0 Å². The molecular formula is C18H20BrN3S. The molecule has 23 heavy (non-hydrogen) atoms. The normalized spacial score (nSPS) is 15.4. The predicted molar refractivity (Wildman–Crippen MR) is 104 cm³/mol. The van der Waals surface area contributed by atoms with Crippen LogP contribution in [0, 0.1) is 0 Å². The monoisotopic (exact) mass is 389 g/mol. The van der Waals surface area contributed by atoms with Gasteiger partial charge in [0.2, 0.25) is 0 Å². The van der Waals surface area contributed by atoms with E-state index in [1.54, 1.807) is 0 Å². The fourth-order valence-electron chi connectivity index (χ4n) is 2.71. The van der Waals surface area contributed by atoms with E-state index < -0.39 is 0 Å². The van der Waals surface area contributed by atoms with E-state index in [0.29, 0.717) is 0 Å². The van der Waals surface area contributed by atoms with Gasteiger partial charge in [0.25, 0.3) is 0 Å². The Morgan fingerprint density at radius 2 is 1.61 bits per heavy atom. The van der Waals surface area contributed by atoms with Gasteiger partial charge in [0.15, 0.2) is 5.11 Å². The Bertz CT molecular complexity index is 654. The SMILES string of the molecule is S=C(Nc1ccccc1Br)N1CCN(Cc2ccccc2)CC1. The van der Waals surface area contributed by atoms with Crippen molar-refractivity contribution in [2.24, 2.45) is 0 Å². The molecule has 0 aromatic heterocycles. The van der Waals surface area contributed by atoms with Crippen LogP contribution in [0.1, 0.15) is 5.56 Å². The summed E-state index contributed by atoms with van der Waals surface area (Å²) >= 11 is 9.11. The van der Waals surface area contributed by atoms with Gasteiger partial charge in [-0.05, 0) is 45.8 Å². The van der Waals surface area contributed by atoms with Crippen LogP contribution in [0.2, 0.25) is 0 Å². The van der Waals surface area contributed by atoms with Gasteiger partial charge < -0.3 is 10.2 Å². The van der Waals surface area contributed by atoms with Crippen molar-refractivity contribution in [1.82, 2.24) is 9.80 Å². The number of anilines is 1. The fourth-order valence-corrected chi connectivity index (χ4v) is 3.38. The highest BCUT2D eigenvalue weighted by molar-refractivity contribution is 9.10. The lowest BCUT2D eigenvalue weighted by Gasteiger charge is -2.36. The number of hydrogen-bond donors (Lipinski definition) is 1. The zero-order chi connectivity index (χ0) is 16.1. The first-order valence-electron chi connectivity index (χ1n) is 7.79. The summed E-state index contributed by atoms with van der Waals surface area (Å²) in [5.74, 6) is 0. The van der Waals surface area contributed by atoms with Crippen molar-refractivity contribution in [2.75, 3.05) is 31.5 Å². The van der Waals surface area contributed by atoms with Crippen LogP contribution in [0.5, 0.6) is 0 Å². The molecule has 1 aliphatic heterocycles. The molecule has 0 spiro atoms. The molecule has 1 N–H and O–H groups in total. The first-order valence-corrected chi connectivity index (χ1v) is 8.99. The van der Waals surface area contributed by atoms with Gasteiger partial charge in [0, 0.05) is 37.2 Å². The second-order valence-electron chi connectivity index (χ2n) is 5.66. The van der Waals surface area contributed by atoms with E-state index in [-0.39, 0.29) is 0 Å². The second-order valence-corrected chi connectivity index (χ2v) is 6.90. The van der Waals surface area contributed by atoms with Crippen LogP contribution in [0.3, 0.4) is 0 Å². The van der Waals surface area contributed by atoms with Crippen LogP contribution >= 0.6 is 28.1 Å². The lowest BCUT2D eigenvalue weighted by molar-refractivity contribution is 0.177. The number of benzene rings is 2. The molecule has 1 fully saturated rings. The summed E-state index contributed by atoms with van der Waals surface area (Å²) in [4.78, 5) is 4.73. The quantitative estimate of drug-likeness (QED) is 0.800. The van der Waals surface area contributed by atoms with Crippen molar-refractivity contribution in [2.45, 2.75) is 6.54 Å². The summed E-state index contributed by atoms with van der Waals surface area (Å²) in [5, 5.41) is 4.14. The van der Waals surface area contributed by atoms with Crippen LogP contribution in [0.4, 0.5) is 5.69 Å². The zero-order valence-electron chi connectivity index (χ0n) is 12.9. The fraction of sp³-hybridized carbons (Fsp3) is 0.278. The van der Waals surface area contributed by atoms with E-state index in [9.17, 15) is 0 Å². The Labute approximate surface area is 151 Å². The molecule has 5 heteroatoms. The van der Waals surface area contributed by atoms with E-state index in [4.69, 9.17) is 12.2 Å². The summed E-state index contributed by atoms with van der Waals surface area (Å²) in [5.41, 5.74) is 2.39. The van der Waals surface area contributed by atoms with E-state index in [2.05, 4.69) is 61.4 Å². The van der Waals surface area contributed by atoms with E-state index in [1.165, 1.54) is 5.56 Å². The average molecular weight is 390 g/mol. The first kappa shape index (κ1) is 16.4. The van der Waals surface area contributed by atoms with Crippen LogP contribution in [-0.4, -0.2) is 41.1 Å². The van der Waals surface area contributed by atoms with Gasteiger partial charge in [0.05, 0.1) is 5.69 Å². The number of thiocarbonyl (C=S) groups is 1. The topological polar surface area (TPSA) is 18.5 Å². The number of nitrogens with zero attached hydrogens (tertiary/aromatic N) is 2. The standard InChI is InChI=1S/C18H20BrN3S/c19-16-8-4-5-9-17(16)20-18(23)22-12-10-21(11-13-22)14-15-6-2-1-3-7-15/h1-9H,10-14H2,(H,20,23). The Morgan fingerprint density at radius 3 is 2.30 bits per heavy atom. The predicted octanol–water partition coefficient (Wildman–Crippen LogP) is 3.96. The number of piperazine rings is 1. The lowest BCUT2D eigenvalue weighted by Crippen LogP contribution is -2.49. The smallest absolute Gasteiger partial charge is 0.173 e. The van der Waals surface area contributed by atoms with Crippen molar-refractivity contribution < 1.29 is 0 Å². The molecule has 0 amide bonds. The summed E-state index contributed by atoms with van der Waals surface area (Å²) in [6.07, 6.45) is 0. The molecule has 1 aliphatic rings. The Kier molecular flexibility index (Phi) is 5.65. The largest absolute Gasteiger partial charge is 0.346 e. The second kappa shape index (κ2) is 7.90. The molecule has 0 radical (unpaired) electrons. The molecule has 0 atom stereocenters. The maximum atomic E-state index is 5.56. The van der Waals surface area contributed by atoms with Crippen molar-refractivity contribution in [3.63, 3.8) is 0 Å². The third-order valence-electron chi connectivity index (χ3n) is 4.02. The van der Waals surface area contributed by atoms with Crippen LogP contribution < -0.4 is 5.32 Å². The number of nitrogens with one attached hydrogen (secondary N) is 1. The summed E-state index contributed by atoms with van der Waals surface area (Å²) < 4.78 is 1.03. The van der Waals surface area contributed by atoms with Gasteiger partial charge in [-0.1, -0.05) is 42.5 Å². The first-order chi connectivity index (χ1) is 11.2. The maximum Gasteiger partial charge on any atom is 0.173 e. The maximum absolute atomic E-state index is 5.56. The molecule has 2 aromatic carbocycles. The highest BCUT2D eigenvalue weighted by Gasteiger charge is 2.19. The number of para-hydroxylation sites is 1. The molecule has 3 nitrogen and oxygen atoms in total. The van der Waals surface area contributed by atoms with Crippen LogP contribution in [-0.2, 0) is 6.54 Å². The van der Waals surface area contributed by atoms with Crippen molar-refractivity contribution in [3.8, 4) is 0 Å². The number of hydrogen-bond acceptors (Lipinski definition) is 2. The summed E-state index contributed by atoms with van der Waals surface area (Å²) in [6, 6.07) is 18.7. The highest BCUT2D eigenvalue weighted by atomic mass is 79.9. The minimum absolute atomic E-state index is 0.802. The molecular weight excluding hydrogens is 370 g/mol. The van der Waals surface area contributed by atoms with Crippen molar-refractivity contribution in [1.29, 1.82) is 0 Å². The Morgan fingerprint density at radius 1 is 0.957 bits per heavy atom. The van der Waals surface area contributed by atoms with Gasteiger partial charge in [-0.25, -0.2) is 0 Å². The molecule has 0 bridgehead atoms. The van der Waals surface area contributed by atoms with Gasteiger partial charge >= 0.3 is 0 Å².